The molecule has 0 aliphatic heterocycles. The van der Waals surface area contributed by atoms with E-state index in [4.69, 9.17) is 4.74 Å². The maximum atomic E-state index is 5.15. The second-order valence-electron chi connectivity index (χ2n) is 3.50. The second-order valence-corrected chi connectivity index (χ2v) is 3.50. The van der Waals surface area contributed by atoms with E-state index in [1.807, 2.05) is 0 Å². The lowest BCUT2D eigenvalue weighted by Crippen LogP contribution is -2.01. The molecule has 0 bridgehead atoms. The minimum atomic E-state index is 0.530. The highest BCUT2D eigenvalue weighted by molar-refractivity contribution is 5.32. The zero-order chi connectivity index (χ0) is 7.90. The zero-order valence-electron chi connectivity index (χ0n) is 7.13. The van der Waals surface area contributed by atoms with Crippen LogP contribution in [0.15, 0.2) is 24.0 Å². The van der Waals surface area contributed by atoms with Gasteiger partial charge in [-0.2, -0.15) is 0 Å². The van der Waals surface area contributed by atoms with Crippen LogP contribution < -0.4 is 0 Å². The first-order chi connectivity index (χ1) is 5.30. The molecule has 0 N–H and O–H groups in total. The van der Waals surface area contributed by atoms with Gasteiger partial charge in [-0.05, 0) is 36.3 Å². The van der Waals surface area contributed by atoms with E-state index in [1.54, 1.807) is 7.11 Å². The van der Waals surface area contributed by atoms with Crippen LogP contribution in [0, 0.1) is 11.3 Å². The summed E-state index contributed by atoms with van der Waals surface area (Å²) in [6, 6.07) is 0. The Kier molecular flexibility index (Phi) is 1.35. The number of hydrogen-bond donors (Lipinski definition) is 0. The summed E-state index contributed by atoms with van der Waals surface area (Å²) >= 11 is 0. The Balaban J connectivity index is 2.15. The van der Waals surface area contributed by atoms with Gasteiger partial charge in [0, 0.05) is 0 Å². The molecule has 2 atom stereocenters. The minimum absolute atomic E-state index is 0.530. The van der Waals surface area contributed by atoms with Crippen LogP contribution in [0.2, 0.25) is 0 Å². The Bertz CT molecular complexity index is 227. The van der Waals surface area contributed by atoms with Gasteiger partial charge in [-0.3, -0.25) is 0 Å². The molecule has 2 aliphatic carbocycles. The summed E-state index contributed by atoms with van der Waals surface area (Å²) in [7, 11) is 1.73. The molecule has 0 radical (unpaired) electrons. The van der Waals surface area contributed by atoms with Gasteiger partial charge in [0.1, 0.15) is 5.76 Å². The predicted molar refractivity (Wildman–Crippen MR) is 45.1 cm³/mol. The summed E-state index contributed by atoms with van der Waals surface area (Å²) < 4.78 is 5.15. The fraction of sp³-hybridized carbons (Fsp3) is 0.600. The minimum Gasteiger partial charge on any atom is -0.497 e. The van der Waals surface area contributed by atoms with Gasteiger partial charge in [-0.1, -0.05) is 13.0 Å². The van der Waals surface area contributed by atoms with Crippen LogP contribution in [0.25, 0.3) is 0 Å². The van der Waals surface area contributed by atoms with E-state index in [9.17, 15) is 0 Å². The van der Waals surface area contributed by atoms with E-state index in [1.165, 1.54) is 12.8 Å². The van der Waals surface area contributed by atoms with Gasteiger partial charge in [0.15, 0.2) is 0 Å². The lowest BCUT2D eigenvalue weighted by atomic mass is 9.96. The van der Waals surface area contributed by atoms with Crippen LogP contribution in [-0.4, -0.2) is 7.11 Å². The molecule has 60 valence electrons. The van der Waals surface area contributed by atoms with Gasteiger partial charge in [0.2, 0.25) is 0 Å². The van der Waals surface area contributed by atoms with E-state index in [0.29, 0.717) is 5.41 Å². The topological polar surface area (TPSA) is 9.23 Å². The SMILES string of the molecule is CCC12C=CC(OC)=CC1C2. The zero-order valence-corrected chi connectivity index (χ0v) is 7.13. The summed E-state index contributed by atoms with van der Waals surface area (Å²) in [5, 5.41) is 0. The Hall–Kier alpha value is -0.720. The quantitative estimate of drug-likeness (QED) is 0.587. The van der Waals surface area contributed by atoms with Crippen molar-refractivity contribution in [2.45, 2.75) is 19.8 Å². The van der Waals surface area contributed by atoms with Crippen molar-refractivity contribution >= 4 is 0 Å². The molecule has 11 heavy (non-hydrogen) atoms. The fourth-order valence-electron chi connectivity index (χ4n) is 1.93. The highest BCUT2D eigenvalue weighted by Gasteiger charge is 2.50. The van der Waals surface area contributed by atoms with Crippen molar-refractivity contribution in [2.75, 3.05) is 7.11 Å². The molecule has 0 aromatic rings. The summed E-state index contributed by atoms with van der Waals surface area (Å²) in [5.41, 5.74) is 0.530. The third kappa shape index (κ3) is 0.907. The molecule has 1 saturated carbocycles. The highest BCUT2D eigenvalue weighted by Crippen LogP contribution is 2.59. The second kappa shape index (κ2) is 2.13. The molecule has 1 heteroatoms. The van der Waals surface area contributed by atoms with Crippen molar-refractivity contribution in [1.82, 2.24) is 0 Å². The third-order valence-corrected chi connectivity index (χ3v) is 3.02. The maximum Gasteiger partial charge on any atom is 0.114 e. The molecule has 0 aromatic heterocycles. The van der Waals surface area contributed by atoms with Crippen LogP contribution in [0.4, 0.5) is 0 Å². The van der Waals surface area contributed by atoms with Gasteiger partial charge in [-0.25, -0.2) is 0 Å². The smallest absolute Gasteiger partial charge is 0.114 e. The van der Waals surface area contributed by atoms with Gasteiger partial charge in [-0.15, -0.1) is 0 Å². The van der Waals surface area contributed by atoms with Crippen molar-refractivity contribution in [2.24, 2.45) is 11.3 Å². The molecule has 1 nitrogen and oxygen atoms in total. The first kappa shape index (κ1) is 6.96. The lowest BCUT2D eigenvalue weighted by Gasteiger charge is -2.12. The van der Waals surface area contributed by atoms with Crippen LogP contribution in [0.5, 0.6) is 0 Å². The molecule has 0 aromatic carbocycles. The Morgan fingerprint density at radius 1 is 1.73 bits per heavy atom. The fourth-order valence-corrected chi connectivity index (χ4v) is 1.93. The van der Waals surface area contributed by atoms with Crippen molar-refractivity contribution in [3.63, 3.8) is 0 Å². The summed E-state index contributed by atoms with van der Waals surface area (Å²) in [6.07, 6.45) is 9.27. The summed E-state index contributed by atoms with van der Waals surface area (Å²) in [5.74, 6) is 1.81. The van der Waals surface area contributed by atoms with Crippen LogP contribution >= 0.6 is 0 Å². The molecule has 0 saturated heterocycles. The monoisotopic (exact) mass is 150 g/mol. The van der Waals surface area contributed by atoms with E-state index in [-0.39, 0.29) is 0 Å². The number of fused-ring (bicyclic) bond motifs is 1. The summed E-state index contributed by atoms with van der Waals surface area (Å²) in [4.78, 5) is 0. The van der Waals surface area contributed by atoms with Gasteiger partial charge in [0.25, 0.3) is 0 Å². The molecular formula is C10H14O. The maximum absolute atomic E-state index is 5.15. The van der Waals surface area contributed by atoms with E-state index in [0.717, 1.165) is 11.7 Å². The molecule has 2 rings (SSSR count). The van der Waals surface area contributed by atoms with Gasteiger partial charge in [0.05, 0.1) is 7.11 Å². The Morgan fingerprint density at radius 2 is 2.55 bits per heavy atom. The predicted octanol–water partition coefficient (Wildman–Crippen LogP) is 2.50. The molecule has 0 spiro atoms. The number of methoxy groups -OCH3 is 1. The Labute approximate surface area is 67.7 Å². The molecule has 2 aliphatic rings. The first-order valence-corrected chi connectivity index (χ1v) is 4.26. The normalized spacial score (nSPS) is 39.5. The number of hydrogen-bond acceptors (Lipinski definition) is 1. The number of rotatable bonds is 2. The van der Waals surface area contributed by atoms with E-state index in [2.05, 4.69) is 25.2 Å². The summed E-state index contributed by atoms with van der Waals surface area (Å²) in [6.45, 7) is 2.26. The van der Waals surface area contributed by atoms with Crippen molar-refractivity contribution in [3.05, 3.63) is 24.0 Å². The van der Waals surface area contributed by atoms with E-state index >= 15 is 0 Å². The van der Waals surface area contributed by atoms with Crippen LogP contribution in [-0.2, 0) is 4.74 Å². The largest absolute Gasteiger partial charge is 0.497 e. The molecule has 2 unspecified atom stereocenters. The van der Waals surface area contributed by atoms with Crippen molar-refractivity contribution in [3.8, 4) is 0 Å². The highest BCUT2D eigenvalue weighted by atomic mass is 16.5. The van der Waals surface area contributed by atoms with Crippen molar-refractivity contribution in [1.29, 1.82) is 0 Å². The average Bonchev–Trinajstić information content (AvgIpc) is 2.77. The van der Waals surface area contributed by atoms with E-state index < -0.39 is 0 Å². The molecule has 1 fully saturated rings. The molecular weight excluding hydrogens is 136 g/mol. The average molecular weight is 150 g/mol. The lowest BCUT2D eigenvalue weighted by molar-refractivity contribution is 0.300. The number of ether oxygens (including phenoxy) is 1. The van der Waals surface area contributed by atoms with Gasteiger partial charge < -0.3 is 4.74 Å². The third-order valence-electron chi connectivity index (χ3n) is 3.02. The van der Waals surface area contributed by atoms with Gasteiger partial charge >= 0.3 is 0 Å². The molecule has 0 amide bonds. The van der Waals surface area contributed by atoms with Crippen LogP contribution in [0.1, 0.15) is 19.8 Å². The van der Waals surface area contributed by atoms with Crippen molar-refractivity contribution < 1.29 is 4.74 Å². The first-order valence-electron chi connectivity index (χ1n) is 4.26. The standard InChI is InChI=1S/C10H14O/c1-3-10-5-4-9(11-2)6-8(10)7-10/h4-6,8H,3,7H2,1-2H3. The van der Waals surface area contributed by atoms with Crippen LogP contribution in [0.3, 0.4) is 0 Å². The Morgan fingerprint density at radius 3 is 3.09 bits per heavy atom. The number of allylic oxidation sites excluding steroid dienone is 3. The molecule has 0 heterocycles.